The maximum absolute atomic E-state index is 11.9. The molecule has 8 heteroatoms. The average Bonchev–Trinajstić information content (AvgIpc) is 2.63. The fourth-order valence-corrected chi connectivity index (χ4v) is 2.71. The number of amides is 2. The van der Waals surface area contributed by atoms with Crippen molar-refractivity contribution >= 4 is 39.6 Å². The van der Waals surface area contributed by atoms with Crippen molar-refractivity contribution in [2.45, 2.75) is 13.3 Å². The smallest absolute Gasteiger partial charge is 0.249 e. The van der Waals surface area contributed by atoms with Crippen LogP contribution in [0.3, 0.4) is 0 Å². The van der Waals surface area contributed by atoms with Crippen molar-refractivity contribution in [2.24, 2.45) is 5.10 Å². The van der Waals surface area contributed by atoms with Gasteiger partial charge in [0, 0.05) is 17.3 Å². The van der Waals surface area contributed by atoms with E-state index in [0.717, 1.165) is 10.0 Å². The molecule has 7 nitrogen and oxygen atoms in total. The lowest BCUT2D eigenvalue weighted by atomic mass is 10.2. The summed E-state index contributed by atoms with van der Waals surface area (Å²) in [6.45, 7) is 1.95. The summed E-state index contributed by atoms with van der Waals surface area (Å²) < 4.78 is 11.2. The maximum atomic E-state index is 11.9. The maximum Gasteiger partial charge on any atom is 0.249 e. The molecular formula is C19H20BrN3O4. The van der Waals surface area contributed by atoms with E-state index in [4.69, 9.17) is 9.47 Å². The predicted molar refractivity (Wildman–Crippen MR) is 107 cm³/mol. The molecule has 0 unspecified atom stereocenters. The first kappa shape index (κ1) is 20.4. The second kappa shape index (κ2) is 9.72. The van der Waals surface area contributed by atoms with Gasteiger partial charge in [0.2, 0.25) is 11.8 Å². The van der Waals surface area contributed by atoms with Gasteiger partial charge in [-0.3, -0.25) is 9.59 Å². The first-order chi connectivity index (χ1) is 12.9. The molecule has 0 spiro atoms. The lowest BCUT2D eigenvalue weighted by Gasteiger charge is -2.09. The molecule has 2 N–H and O–H groups in total. The highest BCUT2D eigenvalue weighted by Gasteiger charge is 2.10. The minimum Gasteiger partial charge on any atom is -0.496 e. The van der Waals surface area contributed by atoms with Gasteiger partial charge in [-0.1, -0.05) is 17.7 Å². The molecule has 2 rings (SSSR count). The fraction of sp³-hybridized carbons (Fsp3) is 0.211. The van der Waals surface area contributed by atoms with Crippen molar-refractivity contribution in [3.05, 3.63) is 52.0 Å². The molecule has 0 saturated heterocycles. The largest absolute Gasteiger partial charge is 0.496 e. The average molecular weight is 434 g/mol. The number of nitrogens with one attached hydrogen (secondary N) is 2. The third-order valence-corrected chi connectivity index (χ3v) is 4.17. The van der Waals surface area contributed by atoms with Crippen LogP contribution in [0.15, 0.2) is 46.0 Å². The van der Waals surface area contributed by atoms with Crippen molar-refractivity contribution < 1.29 is 19.1 Å². The summed E-state index contributed by atoms with van der Waals surface area (Å²) in [5, 5.41) is 6.53. The van der Waals surface area contributed by atoms with E-state index in [1.54, 1.807) is 31.4 Å². The van der Waals surface area contributed by atoms with Gasteiger partial charge in [-0.05, 0) is 41.1 Å². The van der Waals surface area contributed by atoms with Crippen molar-refractivity contribution in [2.75, 3.05) is 19.5 Å². The van der Waals surface area contributed by atoms with Gasteiger partial charge < -0.3 is 14.8 Å². The lowest BCUT2D eigenvalue weighted by Crippen LogP contribution is -2.24. The fourth-order valence-electron chi connectivity index (χ4n) is 2.19. The monoisotopic (exact) mass is 433 g/mol. The Morgan fingerprint density at radius 3 is 2.37 bits per heavy atom. The minimum absolute atomic E-state index is 0.339. The highest BCUT2D eigenvalue weighted by atomic mass is 79.9. The number of methoxy groups -OCH3 is 2. The molecule has 2 aromatic carbocycles. The van der Waals surface area contributed by atoms with Gasteiger partial charge in [0.15, 0.2) is 0 Å². The lowest BCUT2D eigenvalue weighted by molar-refractivity contribution is -0.126. The van der Waals surface area contributed by atoms with Crippen molar-refractivity contribution in [3.8, 4) is 11.5 Å². The molecule has 0 bridgehead atoms. The number of halogens is 1. The Labute approximate surface area is 165 Å². The van der Waals surface area contributed by atoms with Gasteiger partial charge in [0.05, 0.1) is 24.9 Å². The van der Waals surface area contributed by atoms with Crippen LogP contribution in [0.5, 0.6) is 11.5 Å². The van der Waals surface area contributed by atoms with Crippen LogP contribution >= 0.6 is 15.9 Å². The number of hydrogen-bond acceptors (Lipinski definition) is 5. The zero-order valence-electron chi connectivity index (χ0n) is 15.2. The summed E-state index contributed by atoms with van der Waals surface area (Å²) in [5.41, 5.74) is 4.68. The zero-order chi connectivity index (χ0) is 19.8. The molecule has 2 amide bonds. The number of nitrogens with zero attached hydrogens (tertiary/aromatic N) is 1. The Morgan fingerprint density at radius 2 is 1.74 bits per heavy atom. The standard InChI is InChI=1S/C19H20BrN3O4/c1-12-4-6-14(7-5-12)22-18(24)10-19(25)23-21-11-13-8-15(20)17(27-3)9-16(13)26-2/h4-9,11H,10H2,1-3H3,(H,22,24)(H,23,25). The number of hydrazone groups is 1. The van der Waals surface area contributed by atoms with E-state index in [9.17, 15) is 9.59 Å². The SMILES string of the molecule is COc1cc(OC)c(C=NNC(=O)CC(=O)Nc2ccc(C)cc2)cc1Br. The van der Waals surface area contributed by atoms with E-state index < -0.39 is 11.8 Å². The molecule has 0 atom stereocenters. The van der Waals surface area contributed by atoms with E-state index in [2.05, 4.69) is 31.8 Å². The first-order valence-electron chi connectivity index (χ1n) is 8.03. The number of anilines is 1. The zero-order valence-corrected chi connectivity index (χ0v) is 16.8. The van der Waals surface area contributed by atoms with Crippen molar-refractivity contribution in [1.29, 1.82) is 0 Å². The molecule has 142 valence electrons. The molecule has 0 aromatic heterocycles. The number of aryl methyl sites for hydroxylation is 1. The Balaban J connectivity index is 1.92. The molecule has 27 heavy (non-hydrogen) atoms. The number of ether oxygens (including phenoxy) is 2. The quantitative estimate of drug-likeness (QED) is 0.398. The highest BCUT2D eigenvalue weighted by molar-refractivity contribution is 9.10. The second-order valence-corrected chi connectivity index (χ2v) is 6.47. The van der Waals surface area contributed by atoms with E-state index in [0.29, 0.717) is 22.7 Å². The van der Waals surface area contributed by atoms with E-state index in [1.165, 1.54) is 13.3 Å². The number of rotatable bonds is 7. The summed E-state index contributed by atoms with van der Waals surface area (Å²) in [6.07, 6.45) is 1.09. The summed E-state index contributed by atoms with van der Waals surface area (Å²) in [4.78, 5) is 23.8. The molecule has 0 saturated carbocycles. The number of carbonyl (C=O) groups excluding carboxylic acids is 2. The molecule has 0 radical (unpaired) electrons. The Bertz CT molecular complexity index is 851. The third-order valence-electron chi connectivity index (χ3n) is 3.55. The number of benzene rings is 2. The van der Waals surface area contributed by atoms with Crippen LogP contribution in [0.25, 0.3) is 0 Å². The van der Waals surface area contributed by atoms with Gasteiger partial charge in [-0.15, -0.1) is 0 Å². The van der Waals surface area contributed by atoms with Crippen molar-refractivity contribution in [1.82, 2.24) is 5.43 Å². The topological polar surface area (TPSA) is 89.0 Å². The second-order valence-electron chi connectivity index (χ2n) is 5.61. The van der Waals surface area contributed by atoms with Crippen molar-refractivity contribution in [3.63, 3.8) is 0 Å². The first-order valence-corrected chi connectivity index (χ1v) is 8.82. The van der Waals surface area contributed by atoms with E-state index in [1.807, 2.05) is 19.1 Å². The molecule has 0 heterocycles. The molecular weight excluding hydrogens is 414 g/mol. The van der Waals surface area contributed by atoms with Gasteiger partial charge in [-0.2, -0.15) is 5.10 Å². The van der Waals surface area contributed by atoms with Crippen LogP contribution in [-0.4, -0.2) is 32.2 Å². The molecule has 0 fully saturated rings. The Morgan fingerprint density at radius 1 is 1.07 bits per heavy atom. The predicted octanol–water partition coefficient (Wildman–Crippen LogP) is 3.25. The molecule has 0 aliphatic carbocycles. The highest BCUT2D eigenvalue weighted by Crippen LogP contribution is 2.31. The Kier molecular flexibility index (Phi) is 7.36. The van der Waals surface area contributed by atoms with Crippen LogP contribution in [0.4, 0.5) is 5.69 Å². The molecule has 0 aliphatic heterocycles. The van der Waals surface area contributed by atoms with Crippen LogP contribution < -0.4 is 20.2 Å². The van der Waals surface area contributed by atoms with Crippen LogP contribution in [-0.2, 0) is 9.59 Å². The number of hydrogen-bond donors (Lipinski definition) is 2. The minimum atomic E-state index is -0.526. The summed E-state index contributed by atoms with van der Waals surface area (Å²) in [5.74, 6) is 0.199. The third kappa shape index (κ3) is 6.10. The summed E-state index contributed by atoms with van der Waals surface area (Å²) >= 11 is 3.38. The van der Waals surface area contributed by atoms with Crippen LogP contribution in [0, 0.1) is 6.92 Å². The Hall–Kier alpha value is -2.87. The van der Waals surface area contributed by atoms with E-state index in [-0.39, 0.29) is 6.42 Å². The van der Waals surface area contributed by atoms with E-state index >= 15 is 0 Å². The normalized spacial score (nSPS) is 10.5. The van der Waals surface area contributed by atoms with Gasteiger partial charge in [0.1, 0.15) is 17.9 Å². The summed E-state index contributed by atoms with van der Waals surface area (Å²) in [7, 11) is 3.07. The molecule has 2 aromatic rings. The van der Waals surface area contributed by atoms with Gasteiger partial charge in [0.25, 0.3) is 0 Å². The van der Waals surface area contributed by atoms with Gasteiger partial charge >= 0.3 is 0 Å². The van der Waals surface area contributed by atoms with Crippen LogP contribution in [0.1, 0.15) is 17.5 Å². The summed E-state index contributed by atoms with van der Waals surface area (Å²) in [6, 6.07) is 10.7. The van der Waals surface area contributed by atoms with Crippen LogP contribution in [0.2, 0.25) is 0 Å². The molecule has 0 aliphatic rings. The van der Waals surface area contributed by atoms with Gasteiger partial charge in [-0.25, -0.2) is 5.43 Å². The number of carbonyl (C=O) groups is 2.